The van der Waals surface area contributed by atoms with Gasteiger partial charge in [0.1, 0.15) is 0 Å². The molecule has 11 heteroatoms. The number of para-hydroxylation sites is 1. The molecule has 0 saturated carbocycles. The quantitative estimate of drug-likeness (QED) is 0.666. The van der Waals surface area contributed by atoms with E-state index < -0.39 is 32.1 Å². The van der Waals surface area contributed by atoms with Gasteiger partial charge in [-0.2, -0.15) is 4.31 Å². The van der Waals surface area contributed by atoms with Gasteiger partial charge in [0, 0.05) is 50.6 Å². The summed E-state index contributed by atoms with van der Waals surface area (Å²) in [5.41, 5.74) is -0.593. The van der Waals surface area contributed by atoms with Gasteiger partial charge in [-0.15, -0.1) is 0 Å². The highest BCUT2D eigenvalue weighted by molar-refractivity contribution is 7.89. The molecule has 1 atom stereocenters. The number of nitrogens with one attached hydrogen (secondary N) is 2. The Balaban J connectivity index is 1.45. The van der Waals surface area contributed by atoms with Crippen LogP contribution >= 0.6 is 0 Å². The van der Waals surface area contributed by atoms with Gasteiger partial charge >= 0.3 is 5.69 Å². The fraction of sp³-hybridized carbons (Fsp3) is 0.476. The van der Waals surface area contributed by atoms with Gasteiger partial charge in [-0.25, -0.2) is 13.2 Å². The number of H-pyrrole nitrogens is 2. The Labute approximate surface area is 185 Å². The maximum absolute atomic E-state index is 13.2. The van der Waals surface area contributed by atoms with E-state index in [9.17, 15) is 22.8 Å². The average Bonchev–Trinajstić information content (AvgIpc) is 2.78. The summed E-state index contributed by atoms with van der Waals surface area (Å²) in [6, 6.07) is 10.0. The molecule has 4 rings (SSSR count). The second-order valence-electron chi connectivity index (χ2n) is 8.21. The molecule has 0 bridgehead atoms. The van der Waals surface area contributed by atoms with Crippen molar-refractivity contribution in [3.05, 3.63) is 56.9 Å². The molecule has 0 radical (unpaired) electrons. The van der Waals surface area contributed by atoms with Crippen LogP contribution in [0.3, 0.4) is 0 Å². The van der Waals surface area contributed by atoms with E-state index in [0.29, 0.717) is 25.9 Å². The van der Waals surface area contributed by atoms with Crippen LogP contribution < -0.4 is 16.1 Å². The topological polar surface area (TPSA) is 127 Å². The Morgan fingerprint density at radius 2 is 1.69 bits per heavy atom. The summed E-state index contributed by atoms with van der Waals surface area (Å²) in [4.78, 5) is 44.6. The number of carbonyl (C=O) groups excluding carboxylic acids is 1. The molecule has 0 aliphatic carbocycles. The second kappa shape index (κ2) is 8.91. The number of anilines is 1. The molecule has 2 fully saturated rings. The molecule has 3 heterocycles. The number of nitrogens with zero attached hydrogens (tertiary/aromatic N) is 3. The molecule has 0 spiro atoms. The van der Waals surface area contributed by atoms with Crippen LogP contribution in [0.25, 0.3) is 0 Å². The minimum absolute atomic E-state index is 0.00997. The minimum atomic E-state index is -4.14. The van der Waals surface area contributed by atoms with Gasteiger partial charge in [-0.3, -0.25) is 14.6 Å². The smallest absolute Gasteiger partial charge is 0.325 e. The molecule has 10 nitrogen and oxygen atoms in total. The zero-order valence-corrected chi connectivity index (χ0v) is 18.7. The monoisotopic (exact) mass is 461 g/mol. The number of hydrogen-bond acceptors (Lipinski definition) is 6. The fourth-order valence-corrected chi connectivity index (χ4v) is 6.20. The molecule has 2 N–H and O–H groups in total. The van der Waals surface area contributed by atoms with Crippen molar-refractivity contribution >= 4 is 21.6 Å². The van der Waals surface area contributed by atoms with E-state index in [-0.39, 0.29) is 24.7 Å². The summed E-state index contributed by atoms with van der Waals surface area (Å²) in [5.74, 6) is -0.506. The Morgan fingerprint density at radius 3 is 2.34 bits per heavy atom. The molecule has 0 unspecified atom stereocenters. The molecular weight excluding hydrogens is 434 g/mol. The van der Waals surface area contributed by atoms with E-state index >= 15 is 0 Å². The number of piperidine rings is 1. The lowest BCUT2D eigenvalue weighted by molar-refractivity contribution is -0.137. The first kappa shape index (κ1) is 22.3. The molecule has 172 valence electrons. The minimum Gasteiger partial charge on any atom is -0.368 e. The van der Waals surface area contributed by atoms with Crippen LogP contribution in [0, 0.1) is 12.8 Å². The first-order chi connectivity index (χ1) is 15.3. The number of rotatable bonds is 4. The van der Waals surface area contributed by atoms with Crippen molar-refractivity contribution in [2.45, 2.75) is 24.7 Å². The first-order valence-corrected chi connectivity index (χ1v) is 12.1. The van der Waals surface area contributed by atoms with Gasteiger partial charge in [0.2, 0.25) is 15.9 Å². The van der Waals surface area contributed by atoms with Crippen LogP contribution in [0.4, 0.5) is 5.69 Å². The molecular formula is C21H27N5O5S. The molecule has 1 amide bonds. The van der Waals surface area contributed by atoms with Crippen molar-refractivity contribution in [3.8, 4) is 0 Å². The number of aromatic amines is 2. The van der Waals surface area contributed by atoms with Crippen molar-refractivity contribution in [2.75, 3.05) is 44.2 Å². The Bertz CT molecular complexity index is 1200. The third-order valence-electron chi connectivity index (χ3n) is 6.12. The zero-order valence-electron chi connectivity index (χ0n) is 17.9. The Morgan fingerprint density at radius 1 is 1.00 bits per heavy atom. The third-order valence-corrected chi connectivity index (χ3v) is 8.14. The molecule has 32 heavy (non-hydrogen) atoms. The highest BCUT2D eigenvalue weighted by atomic mass is 32.2. The number of hydrogen-bond donors (Lipinski definition) is 2. The lowest BCUT2D eigenvalue weighted by atomic mass is 9.97. The van der Waals surface area contributed by atoms with Gasteiger partial charge in [0.05, 0.1) is 5.92 Å². The number of benzene rings is 1. The highest BCUT2D eigenvalue weighted by Crippen LogP contribution is 2.25. The van der Waals surface area contributed by atoms with E-state index in [1.807, 2.05) is 35.3 Å². The summed E-state index contributed by atoms with van der Waals surface area (Å²) in [5, 5.41) is 0. The fourth-order valence-electron chi connectivity index (χ4n) is 4.47. The number of piperazine rings is 1. The van der Waals surface area contributed by atoms with Crippen molar-refractivity contribution in [1.82, 2.24) is 19.2 Å². The summed E-state index contributed by atoms with van der Waals surface area (Å²) in [7, 11) is -4.14. The SMILES string of the molecule is Cc1[nH]c(=O)[nH]c(=O)c1S(=O)(=O)N1CCC[C@H](C(=O)N2CCN(c3ccccc3)CC2)C1. The van der Waals surface area contributed by atoms with E-state index in [2.05, 4.69) is 9.88 Å². The van der Waals surface area contributed by atoms with Crippen molar-refractivity contribution < 1.29 is 13.2 Å². The van der Waals surface area contributed by atoms with Crippen LogP contribution in [0.5, 0.6) is 0 Å². The van der Waals surface area contributed by atoms with Crippen molar-refractivity contribution in [3.63, 3.8) is 0 Å². The standard InChI is InChI=1S/C21H27N5O5S/c1-15-18(19(27)23-21(29)22-15)32(30,31)26-9-5-6-16(14-26)20(28)25-12-10-24(11-13-25)17-7-3-2-4-8-17/h2-4,7-8,16H,5-6,9-14H2,1H3,(H2,22,23,27,29)/t16-/m0/s1. The normalized spacial score (nSPS) is 20.3. The van der Waals surface area contributed by atoms with Crippen molar-refractivity contribution in [2.24, 2.45) is 5.92 Å². The van der Waals surface area contributed by atoms with E-state index in [1.54, 1.807) is 4.90 Å². The molecule has 2 aliphatic heterocycles. The van der Waals surface area contributed by atoms with Gasteiger partial charge in [0.15, 0.2) is 4.90 Å². The lowest BCUT2D eigenvalue weighted by Crippen LogP contribution is -2.53. The van der Waals surface area contributed by atoms with Crippen LogP contribution in [0.2, 0.25) is 0 Å². The Hall–Kier alpha value is -2.92. The number of carbonyl (C=O) groups is 1. The maximum Gasteiger partial charge on any atom is 0.325 e. The van der Waals surface area contributed by atoms with E-state index in [1.165, 1.54) is 11.2 Å². The first-order valence-electron chi connectivity index (χ1n) is 10.7. The average molecular weight is 462 g/mol. The Kier molecular flexibility index (Phi) is 6.20. The molecule has 2 saturated heterocycles. The summed E-state index contributed by atoms with van der Waals surface area (Å²) >= 11 is 0. The van der Waals surface area contributed by atoms with E-state index in [0.717, 1.165) is 18.8 Å². The molecule has 1 aromatic heterocycles. The summed E-state index contributed by atoms with van der Waals surface area (Å²) in [6.07, 6.45) is 1.13. The van der Waals surface area contributed by atoms with Crippen molar-refractivity contribution in [1.29, 1.82) is 0 Å². The number of amides is 1. The van der Waals surface area contributed by atoms with Crippen LogP contribution in [-0.4, -0.2) is 72.8 Å². The maximum atomic E-state index is 13.2. The van der Waals surface area contributed by atoms with Gasteiger partial charge in [-0.05, 0) is 31.9 Å². The zero-order chi connectivity index (χ0) is 22.9. The van der Waals surface area contributed by atoms with Crippen LogP contribution in [-0.2, 0) is 14.8 Å². The van der Waals surface area contributed by atoms with Gasteiger partial charge < -0.3 is 14.8 Å². The summed E-state index contributed by atoms with van der Waals surface area (Å²) in [6.45, 7) is 4.23. The number of aromatic nitrogens is 2. The number of sulfonamides is 1. The largest absolute Gasteiger partial charge is 0.368 e. The third kappa shape index (κ3) is 4.35. The molecule has 1 aromatic carbocycles. The van der Waals surface area contributed by atoms with Crippen LogP contribution in [0.15, 0.2) is 44.8 Å². The van der Waals surface area contributed by atoms with Gasteiger partial charge in [-0.1, -0.05) is 18.2 Å². The highest BCUT2D eigenvalue weighted by Gasteiger charge is 2.37. The predicted molar refractivity (Wildman–Crippen MR) is 119 cm³/mol. The van der Waals surface area contributed by atoms with Crippen LogP contribution in [0.1, 0.15) is 18.5 Å². The number of aryl methyl sites for hydroxylation is 1. The summed E-state index contributed by atoms with van der Waals surface area (Å²) < 4.78 is 27.5. The lowest BCUT2D eigenvalue weighted by Gasteiger charge is -2.39. The predicted octanol–water partition coefficient (Wildman–Crippen LogP) is 0.121. The molecule has 2 aliphatic rings. The van der Waals surface area contributed by atoms with Gasteiger partial charge in [0.25, 0.3) is 5.56 Å². The van der Waals surface area contributed by atoms with E-state index in [4.69, 9.17) is 0 Å². The molecule has 2 aromatic rings. The second-order valence-corrected chi connectivity index (χ2v) is 10.1.